The molecule has 0 N–H and O–H groups in total. The molecule has 0 saturated heterocycles. The summed E-state index contributed by atoms with van der Waals surface area (Å²) < 4.78 is 31.5. The molecule has 4 aliphatic heterocycles. The number of para-hydroxylation sites is 6. The van der Waals surface area contributed by atoms with Gasteiger partial charge >= 0.3 is 0 Å². The van der Waals surface area contributed by atoms with Crippen molar-refractivity contribution in [3.63, 3.8) is 0 Å². The smallest absolute Gasteiger partial charge is 0.288 e. The van der Waals surface area contributed by atoms with Crippen LogP contribution in [0.1, 0.15) is 53.2 Å². The molecule has 2 atom stereocenters. The highest BCUT2D eigenvalue weighted by Crippen LogP contribution is 2.58. The highest BCUT2D eigenvalue weighted by Gasteiger charge is 2.51. The van der Waals surface area contributed by atoms with Gasteiger partial charge in [0, 0.05) is 66.0 Å². The van der Waals surface area contributed by atoms with Crippen LogP contribution in [0.25, 0.3) is 0 Å². The Morgan fingerprint density at radius 1 is 0.274 bits per heavy atom. The number of hydrogen-bond acceptors (Lipinski definition) is 11. The Hall–Kier alpha value is -10.8. The molecule has 4 aliphatic rings. The van der Waals surface area contributed by atoms with E-state index in [1.165, 1.54) is 0 Å². The Labute approximate surface area is 641 Å². The molecule has 0 saturated carbocycles. The van der Waals surface area contributed by atoms with Crippen molar-refractivity contribution >= 4 is 178 Å². The summed E-state index contributed by atoms with van der Waals surface area (Å²) >= 11 is 11.0. The lowest BCUT2D eigenvalue weighted by Crippen LogP contribution is -2.68. The molecule has 15 aromatic rings. The van der Waals surface area contributed by atoms with E-state index in [4.69, 9.17) is 19.9 Å². The van der Waals surface area contributed by atoms with Gasteiger partial charge in [0.05, 0.1) is 66.1 Å². The minimum absolute atomic E-state index is 0. The van der Waals surface area contributed by atoms with E-state index >= 15 is 4.57 Å². The summed E-state index contributed by atoms with van der Waals surface area (Å²) in [5.41, 5.74) is 17.2. The predicted molar refractivity (Wildman–Crippen MR) is 449 cm³/mol. The molecular weight excluding hydrogens is 1550 g/mol. The molecule has 0 spiro atoms. The predicted octanol–water partition coefficient (Wildman–Crippen LogP) is 17.3. The minimum Gasteiger partial charge on any atom is -0.309 e. The molecule has 3 aromatic heterocycles. The Morgan fingerprint density at radius 2 is 0.519 bits per heavy atom. The number of rotatable bonds is 11. The fourth-order valence-corrected chi connectivity index (χ4v) is 24.8. The van der Waals surface area contributed by atoms with E-state index < -0.39 is 14.3 Å². The van der Waals surface area contributed by atoms with Crippen molar-refractivity contribution in [1.82, 2.24) is 29.9 Å². The van der Waals surface area contributed by atoms with Crippen LogP contribution in [0.15, 0.2) is 357 Å². The zero-order valence-electron chi connectivity index (χ0n) is 56.1. The number of halogens is 4. The first-order chi connectivity index (χ1) is 51.2. The first-order valence-corrected chi connectivity index (χ1v) is 40.2. The van der Waals surface area contributed by atoms with E-state index in [0.29, 0.717) is 16.4 Å². The fourth-order valence-electron chi connectivity index (χ4n) is 15.2. The molecule has 11 nitrogen and oxygen atoms in total. The Kier molecular flexibility index (Phi) is 20.3. The second-order valence-electron chi connectivity index (χ2n) is 25.4. The SMILES string of the molecule is Brc1ncc(N(c2ccccc2)c2ccccc2)cn1.C.F.O=P12c3ccccc3B(Br)c3cccc(c31)B(Br)c1ccccc12.O=P12c3ccccc3C(c3ncc(N(c4ccccc4)c4ccccc4)cn3)c3cccc(c31)C(c1ncc(N(c3ccccc3)c3ccccc3)cn1)c1ccccc12. The Morgan fingerprint density at radius 3 is 0.849 bits per heavy atom. The van der Waals surface area contributed by atoms with Crippen molar-refractivity contribution in [2.75, 3.05) is 14.7 Å². The van der Waals surface area contributed by atoms with Gasteiger partial charge in [-0.15, -0.1) is 31.5 Å². The van der Waals surface area contributed by atoms with E-state index in [9.17, 15) is 4.57 Å². The van der Waals surface area contributed by atoms with Crippen LogP contribution in [-0.2, 0) is 9.13 Å². The molecule has 0 amide bonds. The lowest BCUT2D eigenvalue weighted by molar-refractivity contribution is 0.590. The molecule has 0 fully saturated rings. The van der Waals surface area contributed by atoms with E-state index in [0.717, 1.165) is 127 Å². The third-order valence-electron chi connectivity index (χ3n) is 19.6. The first-order valence-electron chi connectivity index (χ1n) is 34.1. The summed E-state index contributed by atoms with van der Waals surface area (Å²) in [6.07, 6.45) is 11.2. The van der Waals surface area contributed by atoms with E-state index in [1.807, 2.05) is 207 Å². The number of anilines is 9. The van der Waals surface area contributed by atoms with Gasteiger partial charge in [-0.3, -0.25) is 4.70 Å². The molecule has 19 heteroatoms. The van der Waals surface area contributed by atoms with Gasteiger partial charge in [-0.1, -0.05) is 272 Å². The van der Waals surface area contributed by atoms with Gasteiger partial charge in [0.2, 0.25) is 0 Å². The zero-order valence-corrected chi connectivity index (χ0v) is 62.6. The van der Waals surface area contributed by atoms with Crippen molar-refractivity contribution in [2.24, 2.45) is 0 Å². The second kappa shape index (κ2) is 30.4. The largest absolute Gasteiger partial charge is 0.309 e. The van der Waals surface area contributed by atoms with Crippen LogP contribution in [-0.4, -0.2) is 41.0 Å². The van der Waals surface area contributed by atoms with Gasteiger partial charge in [0.25, 0.3) is 11.1 Å². The van der Waals surface area contributed by atoms with Crippen LogP contribution in [0.2, 0.25) is 0 Å². The lowest BCUT2D eigenvalue weighted by Gasteiger charge is -2.41. The van der Waals surface area contributed by atoms with Crippen molar-refractivity contribution < 1.29 is 13.8 Å². The van der Waals surface area contributed by atoms with Crippen LogP contribution < -0.4 is 68.4 Å². The summed E-state index contributed by atoms with van der Waals surface area (Å²) in [6.45, 7) is 0. The third kappa shape index (κ3) is 12.6. The van der Waals surface area contributed by atoms with Crippen molar-refractivity contribution in [2.45, 2.75) is 19.3 Å². The standard InChI is InChI=1S/C52H37N6OP.C18H11B2Br2OP.C16H12BrN3.CH4.FH/c59-60-46-30-15-13-26-42(46)48(51-53-32-40(33-54-51)57(36-18-5-1-6-19-36)37-20-7-2-8-21-37)44-28-17-29-45(50(44)60)49(43-27-14-16-31-47(43)60)52-55-34-41(35-56-52)58(38-22-9-3-10-23-38)39-24-11-4-12-25-39;21-19-12-6-1-3-10-16(12)24(23)17-11-4-2-7-13(17)20(22)15-9-5-8-14(19)18(15)24;17-16-18-11-15(12-19-16)20(13-7-3-1-4-8-13)14-9-5-2-6-10-14;;/h1-35,48-49H;1-11H;1-12H;1H4;1H. The average Bonchev–Trinajstić information content (AvgIpc) is 0.693. The van der Waals surface area contributed by atoms with Gasteiger partial charge in [0.1, 0.15) is 11.6 Å². The Bertz CT molecular complexity index is 5350. The quantitative estimate of drug-likeness (QED) is 0.0699. The molecular formula is C87H65B2Br3FN9O2P2. The number of aromatic nitrogens is 6. The second-order valence-corrected chi connectivity index (χ2v) is 33.2. The van der Waals surface area contributed by atoms with E-state index in [1.54, 1.807) is 12.4 Å². The van der Waals surface area contributed by atoms with Crippen LogP contribution >= 0.6 is 61.7 Å². The monoisotopic (exact) mass is 1610 g/mol. The summed E-state index contributed by atoms with van der Waals surface area (Å²) in [7, 11) is -6.22. The highest BCUT2D eigenvalue weighted by atomic mass is 79.9. The van der Waals surface area contributed by atoms with Gasteiger partial charge in [0.15, 0.2) is 19.0 Å². The molecule has 0 aliphatic carbocycles. The fraction of sp³-hybridized carbons (Fsp3) is 0.0345. The zero-order chi connectivity index (χ0) is 70.3. The third-order valence-corrected chi connectivity index (χ3v) is 28.6. The maximum atomic E-state index is 16.3. The summed E-state index contributed by atoms with van der Waals surface area (Å²) in [5, 5.41) is 5.44. The van der Waals surface area contributed by atoms with E-state index in [-0.39, 0.29) is 35.0 Å². The van der Waals surface area contributed by atoms with Gasteiger partial charge < -0.3 is 23.8 Å². The van der Waals surface area contributed by atoms with Gasteiger partial charge in [-0.2, -0.15) is 0 Å². The highest BCUT2D eigenvalue weighted by molar-refractivity contribution is 9.25. The molecule has 0 radical (unpaired) electrons. The lowest BCUT2D eigenvalue weighted by atomic mass is 9.57. The normalized spacial score (nSPS) is 15.3. The first kappa shape index (κ1) is 70.9. The number of fused-ring (bicyclic) bond motifs is 8. The summed E-state index contributed by atoms with van der Waals surface area (Å²) in [4.78, 5) is 35.3. The molecule has 514 valence electrons. The molecule has 19 rings (SSSR count). The molecule has 2 unspecified atom stereocenters. The van der Waals surface area contributed by atoms with Crippen LogP contribution in [0.5, 0.6) is 0 Å². The van der Waals surface area contributed by atoms with Crippen molar-refractivity contribution in [3.8, 4) is 0 Å². The van der Waals surface area contributed by atoms with Crippen molar-refractivity contribution in [1.29, 1.82) is 0 Å². The van der Waals surface area contributed by atoms with Crippen LogP contribution in [0.3, 0.4) is 0 Å². The molecule has 0 bridgehead atoms. The molecule has 106 heavy (non-hydrogen) atoms. The van der Waals surface area contributed by atoms with Crippen molar-refractivity contribution in [3.05, 3.63) is 391 Å². The maximum absolute atomic E-state index is 16.3. The minimum atomic E-state index is -3.37. The average molecular weight is 1610 g/mol. The van der Waals surface area contributed by atoms with E-state index in [2.05, 4.69) is 206 Å². The molecule has 12 aromatic carbocycles. The Balaban J connectivity index is 0.000000159. The number of nitrogens with zero attached hydrogens (tertiary/aromatic N) is 9. The maximum Gasteiger partial charge on any atom is 0.288 e. The number of benzene rings is 12. The number of hydrogen-bond donors (Lipinski definition) is 0. The topological polar surface area (TPSA) is 121 Å². The molecule has 7 heterocycles. The van der Waals surface area contributed by atoms with Crippen LogP contribution in [0.4, 0.5) is 55.9 Å². The van der Waals surface area contributed by atoms with Crippen LogP contribution in [0, 0.1) is 0 Å². The van der Waals surface area contributed by atoms with Gasteiger partial charge in [-0.25, -0.2) is 29.9 Å². The summed E-state index contributed by atoms with van der Waals surface area (Å²) in [5.74, 6) is 0.581. The van der Waals surface area contributed by atoms with Gasteiger partial charge in [-0.05, 0) is 111 Å². The summed E-state index contributed by atoms with van der Waals surface area (Å²) in [6, 6.07) is 106.